The summed E-state index contributed by atoms with van der Waals surface area (Å²) in [6.07, 6.45) is 0. The van der Waals surface area contributed by atoms with Crippen molar-refractivity contribution in [3.05, 3.63) is 29.3 Å². The van der Waals surface area contributed by atoms with E-state index in [0.717, 1.165) is 43.0 Å². The molecular weight excluding hydrogens is 228 g/mol. The van der Waals surface area contributed by atoms with Gasteiger partial charge >= 0.3 is 0 Å². The average molecular weight is 248 g/mol. The van der Waals surface area contributed by atoms with Gasteiger partial charge in [0.05, 0.1) is 5.69 Å². The van der Waals surface area contributed by atoms with Gasteiger partial charge in [-0.3, -0.25) is 0 Å². The van der Waals surface area contributed by atoms with Crippen LogP contribution in [0.4, 0.5) is 5.69 Å². The second-order valence-electron chi connectivity index (χ2n) is 4.75. The minimum absolute atomic E-state index is 0.174. The molecule has 1 aromatic carbocycles. The average Bonchev–Trinajstić information content (AvgIpc) is 2.39. The van der Waals surface area contributed by atoms with E-state index in [1.807, 2.05) is 12.1 Å². The molecule has 5 nitrogen and oxygen atoms in total. The molecule has 0 aliphatic carbocycles. The first-order valence-corrected chi connectivity index (χ1v) is 6.14. The number of rotatable bonds is 2. The van der Waals surface area contributed by atoms with Crippen LogP contribution in [0.25, 0.3) is 0 Å². The first-order chi connectivity index (χ1) is 8.63. The van der Waals surface area contributed by atoms with E-state index in [1.165, 1.54) is 0 Å². The molecule has 0 bridgehead atoms. The van der Waals surface area contributed by atoms with Gasteiger partial charge in [0.1, 0.15) is 0 Å². The van der Waals surface area contributed by atoms with Gasteiger partial charge in [-0.15, -0.1) is 0 Å². The molecule has 1 aliphatic heterocycles. The number of benzene rings is 1. The Morgan fingerprint density at radius 1 is 1.28 bits per heavy atom. The zero-order valence-corrected chi connectivity index (χ0v) is 10.9. The summed E-state index contributed by atoms with van der Waals surface area (Å²) < 4.78 is 0. The summed E-state index contributed by atoms with van der Waals surface area (Å²) >= 11 is 0. The summed E-state index contributed by atoms with van der Waals surface area (Å²) in [5, 5.41) is 12.0. The number of piperazine rings is 1. The highest BCUT2D eigenvalue weighted by Crippen LogP contribution is 2.26. The van der Waals surface area contributed by atoms with E-state index in [4.69, 9.17) is 10.9 Å². The van der Waals surface area contributed by atoms with E-state index in [0.29, 0.717) is 0 Å². The summed E-state index contributed by atoms with van der Waals surface area (Å²) in [5.74, 6) is 0.174. The number of anilines is 1. The predicted molar refractivity (Wildman–Crippen MR) is 73.4 cm³/mol. The monoisotopic (exact) mass is 248 g/mol. The molecule has 2 rings (SSSR count). The Morgan fingerprint density at radius 3 is 2.56 bits per heavy atom. The number of aryl methyl sites for hydroxylation is 1. The fourth-order valence-electron chi connectivity index (χ4n) is 2.37. The van der Waals surface area contributed by atoms with Crippen LogP contribution in [0.1, 0.15) is 11.1 Å². The highest BCUT2D eigenvalue weighted by atomic mass is 16.4. The molecule has 1 aliphatic rings. The minimum atomic E-state index is 0.174. The molecule has 0 atom stereocenters. The van der Waals surface area contributed by atoms with E-state index in [1.54, 1.807) is 0 Å². The zero-order chi connectivity index (χ0) is 13.1. The number of nitrogens with zero attached hydrogens (tertiary/aromatic N) is 3. The Kier molecular flexibility index (Phi) is 3.72. The van der Waals surface area contributed by atoms with Crippen LogP contribution in [-0.2, 0) is 0 Å². The number of nitrogens with two attached hydrogens (primary N) is 1. The van der Waals surface area contributed by atoms with Crippen LogP contribution in [0.3, 0.4) is 0 Å². The quantitative estimate of drug-likeness (QED) is 0.352. The lowest BCUT2D eigenvalue weighted by Gasteiger charge is -2.36. The zero-order valence-electron chi connectivity index (χ0n) is 10.9. The molecule has 1 heterocycles. The second-order valence-corrected chi connectivity index (χ2v) is 4.75. The van der Waals surface area contributed by atoms with Gasteiger partial charge < -0.3 is 20.7 Å². The molecule has 1 fully saturated rings. The molecule has 0 unspecified atom stereocenters. The Labute approximate surface area is 107 Å². The smallest absolute Gasteiger partial charge is 0.172 e. The highest BCUT2D eigenvalue weighted by molar-refractivity contribution is 6.02. The molecule has 0 saturated carbocycles. The van der Waals surface area contributed by atoms with E-state index >= 15 is 0 Å². The molecule has 5 heteroatoms. The molecule has 0 spiro atoms. The van der Waals surface area contributed by atoms with E-state index < -0.39 is 0 Å². The molecule has 0 radical (unpaired) electrons. The molecule has 0 aromatic heterocycles. The third kappa shape index (κ3) is 2.41. The van der Waals surface area contributed by atoms with Crippen molar-refractivity contribution >= 4 is 11.5 Å². The summed E-state index contributed by atoms with van der Waals surface area (Å²) in [6.45, 7) is 6.05. The lowest BCUT2D eigenvalue weighted by Crippen LogP contribution is -2.45. The molecule has 1 aromatic rings. The van der Waals surface area contributed by atoms with Crippen LogP contribution in [0, 0.1) is 6.92 Å². The lowest BCUT2D eigenvalue weighted by molar-refractivity contribution is 0.312. The lowest BCUT2D eigenvalue weighted by atomic mass is 10.0. The topological polar surface area (TPSA) is 65.1 Å². The predicted octanol–water partition coefficient (Wildman–Crippen LogP) is 0.841. The van der Waals surface area contributed by atoms with Crippen molar-refractivity contribution in [1.29, 1.82) is 0 Å². The summed E-state index contributed by atoms with van der Waals surface area (Å²) in [4.78, 5) is 4.61. The largest absolute Gasteiger partial charge is 0.409 e. The van der Waals surface area contributed by atoms with Gasteiger partial charge in [-0.1, -0.05) is 17.3 Å². The standard InChI is InChI=1S/C13H20N4O/c1-10-4-3-5-11(13(14)15-18)12(10)17-8-6-16(2)7-9-17/h3-5,18H,6-9H2,1-2H3,(H2,14,15). The third-order valence-electron chi connectivity index (χ3n) is 3.44. The number of oxime groups is 1. The summed E-state index contributed by atoms with van der Waals surface area (Å²) in [5.41, 5.74) is 8.81. The highest BCUT2D eigenvalue weighted by Gasteiger charge is 2.20. The normalized spacial score (nSPS) is 18.1. The van der Waals surface area contributed by atoms with E-state index in [-0.39, 0.29) is 5.84 Å². The van der Waals surface area contributed by atoms with Gasteiger partial charge in [-0.25, -0.2) is 0 Å². The molecule has 1 saturated heterocycles. The van der Waals surface area contributed by atoms with Gasteiger partial charge in [0.25, 0.3) is 0 Å². The number of para-hydroxylation sites is 1. The third-order valence-corrected chi connectivity index (χ3v) is 3.44. The van der Waals surface area contributed by atoms with Gasteiger partial charge in [0, 0.05) is 31.7 Å². The van der Waals surface area contributed by atoms with Crippen LogP contribution in [0.15, 0.2) is 23.4 Å². The van der Waals surface area contributed by atoms with Crippen molar-refractivity contribution in [3.8, 4) is 0 Å². The Balaban J connectivity index is 2.37. The first-order valence-electron chi connectivity index (χ1n) is 6.14. The fourth-order valence-corrected chi connectivity index (χ4v) is 2.37. The maximum atomic E-state index is 8.88. The summed E-state index contributed by atoms with van der Waals surface area (Å²) in [6, 6.07) is 5.89. The van der Waals surface area contributed by atoms with Gasteiger partial charge in [-0.05, 0) is 25.6 Å². The second kappa shape index (κ2) is 5.27. The van der Waals surface area contributed by atoms with Crippen LogP contribution in [-0.4, -0.2) is 49.2 Å². The number of hydrogen-bond acceptors (Lipinski definition) is 4. The molecule has 3 N–H and O–H groups in total. The van der Waals surface area contributed by atoms with Crippen molar-refractivity contribution in [2.45, 2.75) is 6.92 Å². The molecule has 18 heavy (non-hydrogen) atoms. The van der Waals surface area contributed by atoms with Crippen molar-refractivity contribution in [3.63, 3.8) is 0 Å². The Morgan fingerprint density at radius 2 is 1.94 bits per heavy atom. The van der Waals surface area contributed by atoms with Crippen LogP contribution in [0.5, 0.6) is 0 Å². The molecular formula is C13H20N4O. The van der Waals surface area contributed by atoms with Crippen LogP contribution >= 0.6 is 0 Å². The molecule has 98 valence electrons. The van der Waals surface area contributed by atoms with Crippen molar-refractivity contribution in [2.75, 3.05) is 38.1 Å². The van der Waals surface area contributed by atoms with Crippen LogP contribution in [0.2, 0.25) is 0 Å². The van der Waals surface area contributed by atoms with Crippen molar-refractivity contribution in [2.24, 2.45) is 10.9 Å². The first kappa shape index (κ1) is 12.7. The Bertz CT molecular complexity index is 450. The minimum Gasteiger partial charge on any atom is -0.409 e. The van der Waals surface area contributed by atoms with Gasteiger partial charge in [0.15, 0.2) is 5.84 Å². The fraction of sp³-hybridized carbons (Fsp3) is 0.462. The van der Waals surface area contributed by atoms with Crippen molar-refractivity contribution in [1.82, 2.24) is 4.90 Å². The van der Waals surface area contributed by atoms with Crippen LogP contribution < -0.4 is 10.6 Å². The maximum absolute atomic E-state index is 8.88. The summed E-state index contributed by atoms with van der Waals surface area (Å²) in [7, 11) is 2.12. The number of likely N-dealkylation sites (N-methyl/N-ethyl adjacent to an activating group) is 1. The Hall–Kier alpha value is -1.75. The van der Waals surface area contributed by atoms with E-state index in [2.05, 4.69) is 35.0 Å². The van der Waals surface area contributed by atoms with Crippen molar-refractivity contribution < 1.29 is 5.21 Å². The number of hydrogen-bond donors (Lipinski definition) is 2. The van der Waals surface area contributed by atoms with E-state index in [9.17, 15) is 0 Å². The maximum Gasteiger partial charge on any atom is 0.172 e. The SMILES string of the molecule is Cc1cccc(/C(N)=N/O)c1N1CCN(C)CC1. The van der Waals surface area contributed by atoms with Gasteiger partial charge in [-0.2, -0.15) is 0 Å². The number of amidine groups is 1. The van der Waals surface area contributed by atoms with Gasteiger partial charge in [0.2, 0.25) is 0 Å². The molecule has 0 amide bonds.